The second-order valence-electron chi connectivity index (χ2n) is 4.89. The lowest BCUT2D eigenvalue weighted by Gasteiger charge is -2.27. The van der Waals surface area contributed by atoms with Crippen molar-refractivity contribution in [3.63, 3.8) is 0 Å². The zero-order valence-electron chi connectivity index (χ0n) is 10.9. The van der Waals surface area contributed by atoms with Crippen LogP contribution in [-0.4, -0.2) is 30.6 Å². The number of hydrogen-bond acceptors (Lipinski definition) is 2. The van der Waals surface area contributed by atoms with E-state index < -0.39 is 0 Å². The van der Waals surface area contributed by atoms with Crippen LogP contribution in [0.4, 0.5) is 0 Å². The molecular weight excluding hydrogens is 224 g/mol. The van der Waals surface area contributed by atoms with E-state index in [0.717, 1.165) is 31.0 Å². The van der Waals surface area contributed by atoms with Gasteiger partial charge in [0.05, 0.1) is 7.11 Å². The number of rotatable bonds is 2. The summed E-state index contributed by atoms with van der Waals surface area (Å²) in [6, 6.07) is 8.53. The first-order valence-corrected chi connectivity index (χ1v) is 6.30. The van der Waals surface area contributed by atoms with Crippen LogP contribution >= 0.6 is 0 Å². The molecule has 3 heteroatoms. The molecule has 0 fully saturated rings. The Balaban J connectivity index is 2.10. The standard InChI is InChI=1S/C15H18N2O/c1-17-7-5-11-8-12(14-4-3-6-16-14)9-15(18-2)13(11)10-17/h3-4,6,8-9,16H,5,7,10H2,1-2H3. The van der Waals surface area contributed by atoms with Gasteiger partial charge < -0.3 is 14.6 Å². The Kier molecular flexibility index (Phi) is 2.84. The maximum atomic E-state index is 5.56. The molecule has 1 aliphatic rings. The molecule has 1 aromatic carbocycles. The van der Waals surface area contributed by atoms with Gasteiger partial charge in [0.2, 0.25) is 0 Å². The third-order valence-electron chi connectivity index (χ3n) is 3.62. The minimum Gasteiger partial charge on any atom is -0.496 e. The highest BCUT2D eigenvalue weighted by Crippen LogP contribution is 2.33. The predicted molar refractivity (Wildman–Crippen MR) is 72.8 cm³/mol. The van der Waals surface area contributed by atoms with Crippen LogP contribution in [0.1, 0.15) is 11.1 Å². The van der Waals surface area contributed by atoms with E-state index in [0.29, 0.717) is 0 Å². The largest absolute Gasteiger partial charge is 0.496 e. The maximum absolute atomic E-state index is 5.56. The Morgan fingerprint density at radius 2 is 2.22 bits per heavy atom. The number of methoxy groups -OCH3 is 1. The molecule has 0 spiro atoms. The van der Waals surface area contributed by atoms with Gasteiger partial charge in [-0.2, -0.15) is 0 Å². The third-order valence-corrected chi connectivity index (χ3v) is 3.62. The van der Waals surface area contributed by atoms with Crippen molar-refractivity contribution in [3.8, 4) is 17.0 Å². The van der Waals surface area contributed by atoms with Crippen molar-refractivity contribution in [3.05, 3.63) is 41.6 Å². The highest BCUT2D eigenvalue weighted by atomic mass is 16.5. The fourth-order valence-corrected chi connectivity index (χ4v) is 2.61. The average Bonchev–Trinajstić information content (AvgIpc) is 2.91. The summed E-state index contributed by atoms with van der Waals surface area (Å²) in [6.07, 6.45) is 3.05. The van der Waals surface area contributed by atoms with E-state index in [9.17, 15) is 0 Å². The lowest BCUT2D eigenvalue weighted by atomic mass is 9.95. The molecule has 2 heterocycles. The van der Waals surface area contributed by atoms with Crippen molar-refractivity contribution in [1.29, 1.82) is 0 Å². The van der Waals surface area contributed by atoms with Gasteiger partial charge in [-0.3, -0.25) is 0 Å². The molecule has 0 radical (unpaired) electrons. The summed E-state index contributed by atoms with van der Waals surface area (Å²) in [4.78, 5) is 5.59. The number of aromatic nitrogens is 1. The van der Waals surface area contributed by atoms with Crippen LogP contribution < -0.4 is 4.74 Å². The summed E-state index contributed by atoms with van der Waals surface area (Å²) in [5.74, 6) is 1.00. The van der Waals surface area contributed by atoms with Gasteiger partial charge in [0.25, 0.3) is 0 Å². The average molecular weight is 242 g/mol. The number of H-pyrrole nitrogens is 1. The van der Waals surface area contributed by atoms with Crippen LogP contribution in [0, 0.1) is 0 Å². The van der Waals surface area contributed by atoms with Gasteiger partial charge in [0.15, 0.2) is 0 Å². The molecule has 0 atom stereocenters. The molecule has 0 amide bonds. The summed E-state index contributed by atoms with van der Waals surface area (Å²) < 4.78 is 5.56. The minimum atomic E-state index is 0.976. The molecule has 0 saturated carbocycles. The van der Waals surface area contributed by atoms with Gasteiger partial charge in [-0.15, -0.1) is 0 Å². The van der Waals surface area contributed by atoms with Crippen molar-refractivity contribution in [2.75, 3.05) is 20.7 Å². The summed E-state index contributed by atoms with van der Waals surface area (Å²) in [7, 11) is 3.91. The molecule has 2 aromatic rings. The summed E-state index contributed by atoms with van der Waals surface area (Å²) in [6.45, 7) is 2.09. The normalized spacial score (nSPS) is 15.4. The van der Waals surface area contributed by atoms with Crippen molar-refractivity contribution >= 4 is 0 Å². The quantitative estimate of drug-likeness (QED) is 0.877. The molecule has 94 valence electrons. The number of nitrogens with one attached hydrogen (secondary N) is 1. The molecule has 18 heavy (non-hydrogen) atoms. The maximum Gasteiger partial charge on any atom is 0.124 e. The van der Waals surface area contributed by atoms with E-state index in [1.54, 1.807) is 7.11 Å². The van der Waals surface area contributed by atoms with Crippen LogP contribution in [0.15, 0.2) is 30.5 Å². The first-order valence-electron chi connectivity index (χ1n) is 6.30. The van der Waals surface area contributed by atoms with Crippen LogP contribution in [0.5, 0.6) is 5.75 Å². The first kappa shape index (κ1) is 11.4. The molecule has 0 aliphatic carbocycles. The zero-order chi connectivity index (χ0) is 12.5. The lowest BCUT2D eigenvalue weighted by molar-refractivity contribution is 0.302. The van der Waals surface area contributed by atoms with Gasteiger partial charge >= 0.3 is 0 Å². The zero-order valence-corrected chi connectivity index (χ0v) is 10.9. The molecule has 0 saturated heterocycles. The Bertz CT molecular complexity index is 529. The highest BCUT2D eigenvalue weighted by Gasteiger charge is 2.18. The van der Waals surface area contributed by atoms with E-state index in [1.807, 2.05) is 12.3 Å². The molecule has 0 bridgehead atoms. The summed E-state index contributed by atoms with van der Waals surface area (Å²) in [5.41, 5.74) is 5.11. The SMILES string of the molecule is COc1cc(-c2ccc[nH]2)cc2c1CN(C)CC2. The fourth-order valence-electron chi connectivity index (χ4n) is 2.61. The van der Waals surface area contributed by atoms with Crippen molar-refractivity contribution in [1.82, 2.24) is 9.88 Å². The number of fused-ring (bicyclic) bond motifs is 1. The second-order valence-corrected chi connectivity index (χ2v) is 4.89. The van der Waals surface area contributed by atoms with Gasteiger partial charge in [0.1, 0.15) is 5.75 Å². The predicted octanol–water partition coefficient (Wildman–Crippen LogP) is 2.68. The van der Waals surface area contributed by atoms with Crippen LogP contribution in [0.2, 0.25) is 0 Å². The molecule has 3 nitrogen and oxygen atoms in total. The Hall–Kier alpha value is -1.74. The number of hydrogen-bond donors (Lipinski definition) is 1. The second kappa shape index (κ2) is 4.50. The molecule has 3 rings (SSSR count). The highest BCUT2D eigenvalue weighted by molar-refractivity contribution is 5.65. The number of ether oxygens (including phenoxy) is 1. The number of aromatic amines is 1. The van der Waals surface area contributed by atoms with Crippen molar-refractivity contribution < 1.29 is 4.74 Å². The Morgan fingerprint density at radius 3 is 2.94 bits per heavy atom. The summed E-state index contributed by atoms with van der Waals surface area (Å²) in [5, 5.41) is 0. The van der Waals surface area contributed by atoms with Crippen molar-refractivity contribution in [2.24, 2.45) is 0 Å². The number of benzene rings is 1. The van der Waals surface area contributed by atoms with Gasteiger partial charge in [0, 0.05) is 36.1 Å². The Morgan fingerprint density at radius 1 is 1.33 bits per heavy atom. The third kappa shape index (κ3) is 1.91. The van der Waals surface area contributed by atoms with E-state index in [4.69, 9.17) is 4.74 Å². The number of nitrogens with zero attached hydrogens (tertiary/aromatic N) is 1. The lowest BCUT2D eigenvalue weighted by Crippen LogP contribution is -2.27. The van der Waals surface area contributed by atoms with Gasteiger partial charge in [-0.1, -0.05) is 0 Å². The number of likely N-dealkylation sites (N-methyl/N-ethyl adjacent to an activating group) is 1. The smallest absolute Gasteiger partial charge is 0.124 e. The minimum absolute atomic E-state index is 0.976. The van der Waals surface area contributed by atoms with E-state index >= 15 is 0 Å². The van der Waals surface area contributed by atoms with E-state index in [1.165, 1.54) is 16.7 Å². The molecule has 0 unspecified atom stereocenters. The van der Waals surface area contributed by atoms with Gasteiger partial charge in [-0.25, -0.2) is 0 Å². The summed E-state index contributed by atoms with van der Waals surface area (Å²) >= 11 is 0. The van der Waals surface area contributed by atoms with Crippen LogP contribution in [0.25, 0.3) is 11.3 Å². The monoisotopic (exact) mass is 242 g/mol. The Labute approximate surface area is 107 Å². The fraction of sp³-hybridized carbons (Fsp3) is 0.333. The molecule has 1 aromatic heterocycles. The molecule has 1 N–H and O–H groups in total. The topological polar surface area (TPSA) is 28.3 Å². The first-order chi connectivity index (χ1) is 8.78. The van der Waals surface area contributed by atoms with Crippen molar-refractivity contribution in [2.45, 2.75) is 13.0 Å². The van der Waals surface area contributed by atoms with E-state index in [-0.39, 0.29) is 0 Å². The van der Waals surface area contributed by atoms with Gasteiger partial charge in [-0.05, 0) is 43.3 Å². The molecular formula is C15H18N2O. The van der Waals surface area contributed by atoms with Crippen LogP contribution in [0.3, 0.4) is 0 Å². The van der Waals surface area contributed by atoms with E-state index in [2.05, 4.69) is 35.1 Å². The molecule has 1 aliphatic heterocycles. The van der Waals surface area contributed by atoms with Crippen LogP contribution in [-0.2, 0) is 13.0 Å².